The Morgan fingerprint density at radius 2 is 1.92 bits per heavy atom. The Kier molecular flexibility index (Phi) is 7.58. The summed E-state index contributed by atoms with van der Waals surface area (Å²) in [5.41, 5.74) is 4.79. The van der Waals surface area contributed by atoms with Crippen molar-refractivity contribution >= 4 is 41.1 Å². The van der Waals surface area contributed by atoms with Crippen LogP contribution in [0.25, 0.3) is 0 Å². The predicted molar refractivity (Wildman–Crippen MR) is 98.1 cm³/mol. The van der Waals surface area contributed by atoms with Gasteiger partial charge in [-0.15, -0.1) is 11.8 Å². The highest BCUT2D eigenvalue weighted by atomic mass is 35.5. The van der Waals surface area contributed by atoms with Crippen molar-refractivity contribution in [3.63, 3.8) is 0 Å². The minimum atomic E-state index is -0.396. The number of likely N-dealkylation sites (tertiary alicyclic amines) is 1. The quantitative estimate of drug-likeness (QED) is 0.604. The molecule has 1 aliphatic rings. The molecular formula is C17H22ClN3O3S. The first-order valence-corrected chi connectivity index (χ1v) is 9.50. The van der Waals surface area contributed by atoms with Crippen LogP contribution in [0, 0.1) is 0 Å². The number of halogens is 1. The summed E-state index contributed by atoms with van der Waals surface area (Å²) in [5.74, 6) is -0.714. The molecule has 2 rings (SSSR count). The number of thioether (sulfide) groups is 1. The first-order chi connectivity index (χ1) is 12.0. The lowest BCUT2D eigenvalue weighted by Gasteiger charge is -2.20. The van der Waals surface area contributed by atoms with Crippen LogP contribution in [0.15, 0.2) is 29.2 Å². The van der Waals surface area contributed by atoms with Crippen LogP contribution < -0.4 is 10.9 Å². The van der Waals surface area contributed by atoms with Crippen LogP contribution in [0.2, 0.25) is 5.02 Å². The number of rotatable bonds is 5. The normalized spacial score (nSPS) is 16.1. The van der Waals surface area contributed by atoms with Gasteiger partial charge in [0.2, 0.25) is 5.91 Å². The SMILES string of the molecule is C[C@@H](Sc1ccc(Cl)cc1)C(=O)NNC(=O)CN1CCCCCC1=O. The number of hydrogen-bond acceptors (Lipinski definition) is 4. The van der Waals surface area contributed by atoms with Crippen LogP contribution in [-0.4, -0.2) is 41.0 Å². The molecule has 0 unspecified atom stereocenters. The Bertz CT molecular complexity index is 624. The van der Waals surface area contributed by atoms with Crippen LogP contribution in [0.1, 0.15) is 32.6 Å². The molecule has 2 N–H and O–H groups in total. The van der Waals surface area contributed by atoms with Crippen LogP contribution >= 0.6 is 23.4 Å². The van der Waals surface area contributed by atoms with E-state index in [0.29, 0.717) is 18.0 Å². The van der Waals surface area contributed by atoms with E-state index < -0.39 is 5.91 Å². The number of carbonyl (C=O) groups excluding carboxylic acids is 3. The minimum Gasteiger partial charge on any atom is -0.333 e. The fourth-order valence-corrected chi connectivity index (χ4v) is 3.42. The third-order valence-electron chi connectivity index (χ3n) is 3.83. The van der Waals surface area contributed by atoms with Gasteiger partial charge in [0.15, 0.2) is 0 Å². The molecular weight excluding hydrogens is 362 g/mol. The van der Waals surface area contributed by atoms with E-state index in [1.54, 1.807) is 24.0 Å². The summed E-state index contributed by atoms with van der Waals surface area (Å²) in [7, 11) is 0. The first-order valence-electron chi connectivity index (χ1n) is 8.24. The largest absolute Gasteiger partial charge is 0.333 e. The standard InChI is InChI=1S/C17H22ClN3O3S/c1-12(25-14-8-6-13(18)7-9-14)17(24)20-19-15(22)11-21-10-4-2-3-5-16(21)23/h6-9,12H,2-5,10-11H2,1H3,(H,19,22)(H,20,24)/t12-/m1/s1. The number of nitrogens with zero attached hydrogens (tertiary/aromatic N) is 1. The van der Waals surface area contributed by atoms with E-state index in [1.807, 2.05) is 12.1 Å². The molecule has 0 spiro atoms. The molecule has 25 heavy (non-hydrogen) atoms. The molecule has 6 nitrogen and oxygen atoms in total. The molecule has 1 fully saturated rings. The Balaban J connectivity index is 1.75. The van der Waals surface area contributed by atoms with Crippen molar-refractivity contribution in [1.29, 1.82) is 0 Å². The first kappa shape index (κ1) is 19.6. The topological polar surface area (TPSA) is 78.5 Å². The summed E-state index contributed by atoms with van der Waals surface area (Å²) in [6.45, 7) is 2.31. The monoisotopic (exact) mass is 383 g/mol. The van der Waals surface area contributed by atoms with Crippen LogP contribution in [0.5, 0.6) is 0 Å². The summed E-state index contributed by atoms with van der Waals surface area (Å²) in [6.07, 6.45) is 3.25. The van der Waals surface area contributed by atoms with Gasteiger partial charge in [-0.05, 0) is 44.0 Å². The summed E-state index contributed by atoms with van der Waals surface area (Å²) in [5, 5.41) is 0.248. The number of hydrogen-bond donors (Lipinski definition) is 2. The van der Waals surface area contributed by atoms with E-state index >= 15 is 0 Å². The molecule has 0 aromatic heterocycles. The Hall–Kier alpha value is -1.73. The van der Waals surface area contributed by atoms with Crippen molar-refractivity contribution in [3.8, 4) is 0 Å². The van der Waals surface area contributed by atoms with Crippen molar-refractivity contribution in [2.24, 2.45) is 0 Å². The third kappa shape index (κ3) is 6.59. The van der Waals surface area contributed by atoms with Gasteiger partial charge in [-0.3, -0.25) is 25.2 Å². The molecule has 1 saturated heterocycles. The van der Waals surface area contributed by atoms with Gasteiger partial charge in [-0.2, -0.15) is 0 Å². The smallest absolute Gasteiger partial charge is 0.257 e. The maximum absolute atomic E-state index is 12.1. The van der Waals surface area contributed by atoms with Crippen molar-refractivity contribution in [2.45, 2.75) is 42.8 Å². The lowest BCUT2D eigenvalue weighted by molar-refractivity contribution is -0.136. The maximum Gasteiger partial charge on any atom is 0.257 e. The van der Waals surface area contributed by atoms with Crippen LogP contribution in [0.4, 0.5) is 0 Å². The minimum absolute atomic E-state index is 0.00867. The zero-order chi connectivity index (χ0) is 18.2. The van der Waals surface area contributed by atoms with Gasteiger partial charge in [-0.1, -0.05) is 18.0 Å². The molecule has 0 bridgehead atoms. The Labute approximate surface area is 156 Å². The second kappa shape index (κ2) is 9.68. The van der Waals surface area contributed by atoms with E-state index in [9.17, 15) is 14.4 Å². The van der Waals surface area contributed by atoms with E-state index in [0.717, 1.165) is 24.2 Å². The summed E-state index contributed by atoms with van der Waals surface area (Å²) < 4.78 is 0. The number of hydrazine groups is 1. The second-order valence-electron chi connectivity index (χ2n) is 5.88. The summed E-state index contributed by atoms with van der Waals surface area (Å²) >= 11 is 7.20. The summed E-state index contributed by atoms with van der Waals surface area (Å²) in [4.78, 5) is 38.3. The lowest BCUT2D eigenvalue weighted by atomic mass is 10.2. The van der Waals surface area contributed by atoms with Gasteiger partial charge >= 0.3 is 0 Å². The van der Waals surface area contributed by atoms with Crippen LogP contribution in [-0.2, 0) is 14.4 Å². The Morgan fingerprint density at radius 1 is 1.20 bits per heavy atom. The van der Waals surface area contributed by atoms with Crippen molar-refractivity contribution in [3.05, 3.63) is 29.3 Å². The highest BCUT2D eigenvalue weighted by molar-refractivity contribution is 8.00. The van der Waals surface area contributed by atoms with E-state index in [1.165, 1.54) is 11.8 Å². The van der Waals surface area contributed by atoms with E-state index in [4.69, 9.17) is 11.6 Å². The van der Waals surface area contributed by atoms with Gasteiger partial charge in [0.05, 0.1) is 5.25 Å². The van der Waals surface area contributed by atoms with Crippen molar-refractivity contribution in [2.75, 3.05) is 13.1 Å². The molecule has 1 heterocycles. The molecule has 8 heteroatoms. The molecule has 1 aromatic rings. The highest BCUT2D eigenvalue weighted by Crippen LogP contribution is 2.24. The molecule has 3 amide bonds. The summed E-state index contributed by atoms with van der Waals surface area (Å²) in [6, 6.07) is 7.18. The Morgan fingerprint density at radius 3 is 2.64 bits per heavy atom. The molecule has 0 saturated carbocycles. The fraction of sp³-hybridized carbons (Fsp3) is 0.471. The van der Waals surface area contributed by atoms with Gasteiger partial charge in [0, 0.05) is 22.9 Å². The zero-order valence-corrected chi connectivity index (χ0v) is 15.7. The average Bonchev–Trinajstić information content (AvgIpc) is 2.79. The fourth-order valence-electron chi connectivity index (χ4n) is 2.42. The van der Waals surface area contributed by atoms with Crippen molar-refractivity contribution < 1.29 is 14.4 Å². The molecule has 0 aliphatic carbocycles. The number of benzene rings is 1. The molecule has 136 valence electrons. The van der Waals surface area contributed by atoms with E-state index in [-0.39, 0.29) is 23.6 Å². The molecule has 0 radical (unpaired) electrons. The molecule has 1 aliphatic heterocycles. The zero-order valence-electron chi connectivity index (χ0n) is 14.1. The van der Waals surface area contributed by atoms with Crippen molar-refractivity contribution in [1.82, 2.24) is 15.8 Å². The van der Waals surface area contributed by atoms with Crippen LogP contribution in [0.3, 0.4) is 0 Å². The number of amides is 3. The van der Waals surface area contributed by atoms with Gasteiger partial charge in [0.1, 0.15) is 6.54 Å². The molecule has 1 aromatic carbocycles. The average molecular weight is 384 g/mol. The number of nitrogens with one attached hydrogen (secondary N) is 2. The predicted octanol–water partition coefficient (Wildman–Crippen LogP) is 2.37. The number of carbonyl (C=O) groups is 3. The highest BCUT2D eigenvalue weighted by Gasteiger charge is 2.20. The third-order valence-corrected chi connectivity index (χ3v) is 5.19. The second-order valence-corrected chi connectivity index (χ2v) is 7.73. The maximum atomic E-state index is 12.1. The lowest BCUT2D eigenvalue weighted by Crippen LogP contribution is -2.49. The van der Waals surface area contributed by atoms with E-state index in [2.05, 4.69) is 10.9 Å². The van der Waals surface area contributed by atoms with Gasteiger partial charge in [-0.25, -0.2) is 0 Å². The van der Waals surface area contributed by atoms with Gasteiger partial charge in [0.25, 0.3) is 11.8 Å². The molecule has 1 atom stereocenters. The van der Waals surface area contributed by atoms with Gasteiger partial charge < -0.3 is 4.90 Å².